The Labute approximate surface area is 129 Å². The molecule has 0 fully saturated rings. The van der Waals surface area contributed by atoms with Crippen molar-refractivity contribution in [2.45, 2.75) is 0 Å². The van der Waals surface area contributed by atoms with Crippen LogP contribution < -0.4 is 4.80 Å². The number of thiazole rings is 1. The monoisotopic (exact) mass is 345 g/mol. The second-order valence-electron chi connectivity index (χ2n) is 4.31. The maximum atomic E-state index is 4.30. The highest BCUT2D eigenvalue weighted by atomic mass is 79.9. The molecule has 0 unspecified atom stereocenters. The molecule has 3 nitrogen and oxygen atoms in total. The van der Waals surface area contributed by atoms with Crippen molar-refractivity contribution in [2.75, 3.05) is 0 Å². The molecule has 0 spiro atoms. The third-order valence-electron chi connectivity index (χ3n) is 2.93. The minimum Gasteiger partial charge on any atom is -0.318 e. The number of para-hydroxylation sites is 1. The van der Waals surface area contributed by atoms with Gasteiger partial charge >= 0.3 is 0 Å². The third-order valence-corrected chi connectivity index (χ3v) is 4.57. The summed E-state index contributed by atoms with van der Waals surface area (Å²) >= 11 is 5.05. The molecule has 0 saturated carbocycles. The van der Waals surface area contributed by atoms with Crippen molar-refractivity contribution < 1.29 is 0 Å². The quantitative estimate of drug-likeness (QED) is 0.497. The highest BCUT2D eigenvalue weighted by molar-refractivity contribution is 9.10. The van der Waals surface area contributed by atoms with Crippen molar-refractivity contribution in [1.29, 1.82) is 0 Å². The van der Waals surface area contributed by atoms with Crippen LogP contribution in [0.2, 0.25) is 0 Å². The zero-order valence-corrected chi connectivity index (χ0v) is 13.2. The summed E-state index contributed by atoms with van der Waals surface area (Å²) in [5.41, 5.74) is 2.20. The van der Waals surface area contributed by atoms with E-state index in [0.29, 0.717) is 0 Å². The summed E-state index contributed by atoms with van der Waals surface area (Å²) in [6, 6.07) is 16.2. The molecule has 3 rings (SSSR count). The van der Waals surface area contributed by atoms with E-state index in [9.17, 15) is 0 Å². The molecule has 0 aliphatic rings. The van der Waals surface area contributed by atoms with Gasteiger partial charge in [-0.25, -0.2) is 0 Å². The minimum atomic E-state index is 0.888. The van der Waals surface area contributed by atoms with Gasteiger partial charge in [0.15, 0.2) is 0 Å². The predicted molar refractivity (Wildman–Crippen MR) is 88.1 cm³/mol. The molecule has 3 aromatic rings. The second-order valence-corrected chi connectivity index (χ2v) is 6.23. The van der Waals surface area contributed by atoms with Crippen molar-refractivity contribution in [1.82, 2.24) is 4.57 Å². The van der Waals surface area contributed by atoms with Crippen LogP contribution in [0.25, 0.3) is 10.2 Å². The number of fused-ring (bicyclic) bond motifs is 1. The maximum Gasteiger partial charge on any atom is 0.211 e. The van der Waals surface area contributed by atoms with Crippen molar-refractivity contribution >= 4 is 43.7 Å². The Kier molecular flexibility index (Phi) is 3.80. The largest absolute Gasteiger partial charge is 0.318 e. The number of halogens is 1. The van der Waals surface area contributed by atoms with Crippen molar-refractivity contribution in [3.8, 4) is 0 Å². The third kappa shape index (κ3) is 2.73. The topological polar surface area (TPSA) is 29.6 Å². The Morgan fingerprint density at radius 1 is 1.10 bits per heavy atom. The van der Waals surface area contributed by atoms with Gasteiger partial charge in [0, 0.05) is 11.5 Å². The zero-order valence-electron chi connectivity index (χ0n) is 10.8. The van der Waals surface area contributed by atoms with Gasteiger partial charge in [-0.2, -0.15) is 5.10 Å². The van der Waals surface area contributed by atoms with Gasteiger partial charge in [-0.1, -0.05) is 51.5 Å². The molecular formula is C15H12BrN3S. The summed E-state index contributed by atoms with van der Waals surface area (Å²) in [5, 5.41) is 8.47. The van der Waals surface area contributed by atoms with Crippen LogP contribution in [0.15, 0.2) is 63.2 Å². The highest BCUT2D eigenvalue weighted by Gasteiger charge is 2.00. The Hall–Kier alpha value is -1.72. The first-order valence-electron chi connectivity index (χ1n) is 6.11. The first-order chi connectivity index (χ1) is 9.74. The fraction of sp³-hybridized carbons (Fsp3) is 0.0667. The van der Waals surface area contributed by atoms with E-state index in [1.165, 1.54) is 10.2 Å². The molecule has 0 saturated heterocycles. The Bertz CT molecular complexity index is 828. The molecule has 0 N–H and O–H groups in total. The molecule has 2 aromatic carbocycles. The molecule has 1 aromatic heterocycles. The minimum absolute atomic E-state index is 0.888. The van der Waals surface area contributed by atoms with Crippen LogP contribution in [0, 0.1) is 0 Å². The van der Waals surface area contributed by atoms with E-state index in [1.54, 1.807) is 17.6 Å². The van der Waals surface area contributed by atoms with Crippen LogP contribution in [0.1, 0.15) is 5.56 Å². The molecule has 100 valence electrons. The van der Waals surface area contributed by atoms with Gasteiger partial charge in [0.25, 0.3) is 0 Å². The molecule has 0 bridgehead atoms. The van der Waals surface area contributed by atoms with Crippen LogP contribution >= 0.6 is 27.3 Å². The lowest BCUT2D eigenvalue weighted by Crippen LogP contribution is -2.08. The van der Waals surface area contributed by atoms with Crippen LogP contribution in [-0.4, -0.2) is 10.8 Å². The normalized spacial score (nSPS) is 12.6. The van der Waals surface area contributed by atoms with Crippen LogP contribution in [0.5, 0.6) is 0 Å². The van der Waals surface area contributed by atoms with Crippen molar-refractivity contribution in [3.05, 3.63) is 63.4 Å². The van der Waals surface area contributed by atoms with Gasteiger partial charge in [0.1, 0.15) is 0 Å². The van der Waals surface area contributed by atoms with Gasteiger partial charge in [-0.05, 0) is 29.8 Å². The van der Waals surface area contributed by atoms with E-state index in [2.05, 4.69) is 42.8 Å². The fourth-order valence-corrected chi connectivity index (χ4v) is 3.11. The van der Waals surface area contributed by atoms with Crippen molar-refractivity contribution in [3.63, 3.8) is 0 Å². The lowest BCUT2D eigenvalue weighted by molar-refractivity contribution is 0.889. The molecule has 0 aliphatic heterocycles. The van der Waals surface area contributed by atoms with Crippen LogP contribution in [0.4, 0.5) is 0 Å². The predicted octanol–water partition coefficient (Wildman–Crippen LogP) is 3.94. The number of hydrogen-bond acceptors (Lipinski definition) is 3. The van der Waals surface area contributed by atoms with E-state index >= 15 is 0 Å². The summed E-state index contributed by atoms with van der Waals surface area (Å²) < 4.78 is 4.33. The summed E-state index contributed by atoms with van der Waals surface area (Å²) in [4.78, 5) is 0.888. The van der Waals surface area contributed by atoms with Crippen molar-refractivity contribution in [2.24, 2.45) is 17.3 Å². The van der Waals surface area contributed by atoms with Gasteiger partial charge < -0.3 is 4.57 Å². The molecular weight excluding hydrogens is 334 g/mol. The summed E-state index contributed by atoms with van der Waals surface area (Å²) in [7, 11) is 2.01. The maximum absolute atomic E-state index is 4.30. The van der Waals surface area contributed by atoms with Crippen LogP contribution in [-0.2, 0) is 7.05 Å². The summed E-state index contributed by atoms with van der Waals surface area (Å²) in [5.74, 6) is 0. The first kappa shape index (κ1) is 13.3. The smallest absolute Gasteiger partial charge is 0.211 e. The molecule has 20 heavy (non-hydrogen) atoms. The number of hydrogen-bond donors (Lipinski definition) is 0. The molecule has 0 aliphatic carbocycles. The molecule has 1 heterocycles. The van der Waals surface area contributed by atoms with Gasteiger partial charge in [-0.15, -0.1) is 5.10 Å². The second kappa shape index (κ2) is 5.73. The number of aryl methyl sites for hydroxylation is 1. The van der Waals surface area contributed by atoms with E-state index in [-0.39, 0.29) is 0 Å². The molecule has 0 amide bonds. The van der Waals surface area contributed by atoms with E-state index in [4.69, 9.17) is 0 Å². The standard InChI is InChI=1S/C15H12BrN3S/c1-19-13-4-2-3-5-14(13)20-15(19)18-17-10-11-6-8-12(16)9-7-11/h2-10H,1H3/b17-10+,18-15+. The zero-order chi connectivity index (χ0) is 13.9. The lowest BCUT2D eigenvalue weighted by atomic mass is 10.2. The van der Waals surface area contributed by atoms with E-state index in [0.717, 1.165) is 14.8 Å². The number of rotatable bonds is 2. The van der Waals surface area contributed by atoms with Crippen LogP contribution in [0.3, 0.4) is 0 Å². The van der Waals surface area contributed by atoms with Gasteiger partial charge in [-0.3, -0.25) is 0 Å². The lowest BCUT2D eigenvalue weighted by Gasteiger charge is -1.93. The SMILES string of the molecule is Cn1/c(=N\N=C\c2ccc(Br)cc2)sc2ccccc21. The number of nitrogens with zero attached hydrogens (tertiary/aromatic N) is 3. The number of aromatic nitrogens is 1. The highest BCUT2D eigenvalue weighted by Crippen LogP contribution is 2.15. The number of benzene rings is 2. The molecule has 0 atom stereocenters. The molecule has 5 heteroatoms. The average molecular weight is 346 g/mol. The Balaban J connectivity index is 1.94. The van der Waals surface area contributed by atoms with Gasteiger partial charge in [0.05, 0.1) is 16.4 Å². The van der Waals surface area contributed by atoms with Gasteiger partial charge in [0.2, 0.25) is 4.80 Å². The molecule has 0 radical (unpaired) electrons. The van der Waals surface area contributed by atoms with E-state index in [1.807, 2.05) is 43.4 Å². The first-order valence-corrected chi connectivity index (χ1v) is 7.72. The average Bonchev–Trinajstić information content (AvgIpc) is 2.78. The summed E-state index contributed by atoms with van der Waals surface area (Å²) in [6.07, 6.45) is 1.76. The Morgan fingerprint density at radius 2 is 1.85 bits per heavy atom. The Morgan fingerprint density at radius 3 is 2.60 bits per heavy atom. The fourth-order valence-electron chi connectivity index (χ4n) is 1.87. The van der Waals surface area contributed by atoms with E-state index < -0.39 is 0 Å². The summed E-state index contributed by atoms with van der Waals surface area (Å²) in [6.45, 7) is 0.